The summed E-state index contributed by atoms with van der Waals surface area (Å²) in [4.78, 5) is 17.9. The summed E-state index contributed by atoms with van der Waals surface area (Å²) in [5.74, 6) is 1.21. The second-order valence-electron chi connectivity index (χ2n) is 6.18. The number of methoxy groups -OCH3 is 2. The molecular formula is C22H17ClN2O3S. The molecule has 0 saturated heterocycles. The van der Waals surface area contributed by atoms with Crippen molar-refractivity contribution in [2.45, 2.75) is 0 Å². The molecule has 2 aromatic carbocycles. The summed E-state index contributed by atoms with van der Waals surface area (Å²) in [6.07, 6.45) is 1.71. The van der Waals surface area contributed by atoms with Crippen LogP contribution in [0.15, 0.2) is 71.0 Å². The molecule has 0 atom stereocenters. The first-order valence-electron chi connectivity index (χ1n) is 8.76. The Morgan fingerprint density at radius 2 is 1.83 bits per heavy atom. The number of hydrogen-bond acceptors (Lipinski definition) is 5. The third-order valence-corrected chi connectivity index (χ3v) is 5.59. The summed E-state index contributed by atoms with van der Waals surface area (Å²) in [5, 5.41) is 3.25. The lowest BCUT2D eigenvalue weighted by Crippen LogP contribution is -2.19. The predicted molar refractivity (Wildman–Crippen MR) is 117 cm³/mol. The monoisotopic (exact) mass is 424 g/mol. The van der Waals surface area contributed by atoms with Crippen LogP contribution < -0.4 is 15.0 Å². The third-order valence-electron chi connectivity index (χ3n) is 4.47. The van der Waals surface area contributed by atoms with Crippen molar-refractivity contribution in [1.82, 2.24) is 9.55 Å². The molecule has 0 aliphatic carbocycles. The number of ether oxygens (including phenoxy) is 2. The van der Waals surface area contributed by atoms with E-state index in [1.54, 1.807) is 49.2 Å². The molecule has 4 aromatic rings. The van der Waals surface area contributed by atoms with Gasteiger partial charge in [0.25, 0.3) is 5.56 Å². The zero-order valence-electron chi connectivity index (χ0n) is 15.8. The second kappa shape index (κ2) is 8.11. The van der Waals surface area contributed by atoms with Crippen LogP contribution in [0.5, 0.6) is 11.5 Å². The van der Waals surface area contributed by atoms with Gasteiger partial charge in [-0.1, -0.05) is 23.7 Å². The zero-order chi connectivity index (χ0) is 20.4. The van der Waals surface area contributed by atoms with E-state index in [-0.39, 0.29) is 5.56 Å². The molecule has 0 aliphatic heterocycles. The predicted octanol–water partition coefficient (Wildman–Crippen LogP) is 5.30. The lowest BCUT2D eigenvalue weighted by atomic mass is 10.2. The molecule has 0 saturated carbocycles. The smallest absolute Gasteiger partial charge is 0.265 e. The van der Waals surface area contributed by atoms with Gasteiger partial charge in [-0.2, -0.15) is 0 Å². The van der Waals surface area contributed by atoms with Crippen LogP contribution in [0.4, 0.5) is 0 Å². The Morgan fingerprint density at radius 3 is 2.55 bits per heavy atom. The van der Waals surface area contributed by atoms with Crippen LogP contribution in [0, 0.1) is 0 Å². The molecule has 0 amide bonds. The summed E-state index contributed by atoms with van der Waals surface area (Å²) >= 11 is 7.39. The van der Waals surface area contributed by atoms with E-state index >= 15 is 0 Å². The minimum absolute atomic E-state index is 0.184. The van der Waals surface area contributed by atoms with E-state index in [2.05, 4.69) is 4.98 Å². The van der Waals surface area contributed by atoms with Crippen molar-refractivity contribution in [3.63, 3.8) is 0 Å². The summed E-state index contributed by atoms with van der Waals surface area (Å²) in [7, 11) is 3.15. The van der Waals surface area contributed by atoms with Gasteiger partial charge >= 0.3 is 0 Å². The molecule has 0 bridgehead atoms. The molecule has 0 radical (unpaired) electrons. The molecule has 4 rings (SSSR count). The number of benzene rings is 2. The third kappa shape index (κ3) is 3.77. The molecular weight excluding hydrogens is 408 g/mol. The number of nitrogens with zero attached hydrogens (tertiary/aromatic N) is 2. The fraction of sp³-hybridized carbons (Fsp3) is 0.0909. The summed E-state index contributed by atoms with van der Waals surface area (Å²) in [6.45, 7) is 0. The maximum atomic E-state index is 13.2. The highest BCUT2D eigenvalue weighted by molar-refractivity contribution is 7.13. The quantitative estimate of drug-likeness (QED) is 0.436. The number of thiazole rings is 1. The summed E-state index contributed by atoms with van der Waals surface area (Å²) in [6, 6.07) is 16.4. The van der Waals surface area contributed by atoms with Gasteiger partial charge in [-0.25, -0.2) is 4.98 Å². The van der Waals surface area contributed by atoms with Gasteiger partial charge in [0.1, 0.15) is 16.5 Å². The maximum absolute atomic E-state index is 13.2. The van der Waals surface area contributed by atoms with Crippen molar-refractivity contribution in [3.8, 4) is 39.0 Å². The number of pyridine rings is 1. The highest BCUT2D eigenvalue weighted by atomic mass is 35.5. The fourth-order valence-corrected chi connectivity index (χ4v) is 3.95. The van der Waals surface area contributed by atoms with Crippen LogP contribution in [0.2, 0.25) is 5.02 Å². The Kier molecular flexibility index (Phi) is 5.38. The van der Waals surface area contributed by atoms with E-state index in [0.29, 0.717) is 32.8 Å². The van der Waals surface area contributed by atoms with Gasteiger partial charge in [0.2, 0.25) is 0 Å². The van der Waals surface area contributed by atoms with E-state index in [4.69, 9.17) is 21.1 Å². The standard InChI is InChI=1S/C22H17ClN2O3S/c1-27-16-9-10-20(28-2)19(12-16)25-11-3-4-17(22(25)26)21-24-18(13-29-21)14-5-7-15(23)8-6-14/h3-13H,1-2H3. The first kappa shape index (κ1) is 19.2. The second-order valence-corrected chi connectivity index (χ2v) is 7.47. The number of rotatable bonds is 5. The van der Waals surface area contributed by atoms with Gasteiger partial charge in [0, 0.05) is 28.2 Å². The van der Waals surface area contributed by atoms with Crippen LogP contribution >= 0.6 is 22.9 Å². The molecule has 2 aromatic heterocycles. The Labute approximate surface area is 176 Å². The first-order valence-corrected chi connectivity index (χ1v) is 10.0. The normalized spacial score (nSPS) is 10.7. The van der Waals surface area contributed by atoms with Gasteiger partial charge in [0.15, 0.2) is 0 Å². The number of hydrogen-bond donors (Lipinski definition) is 0. The average Bonchev–Trinajstić information content (AvgIpc) is 3.24. The van der Waals surface area contributed by atoms with Gasteiger partial charge in [0.05, 0.1) is 31.2 Å². The molecule has 7 heteroatoms. The largest absolute Gasteiger partial charge is 0.497 e. The summed E-state index contributed by atoms with van der Waals surface area (Å²) in [5.41, 5.74) is 2.69. The molecule has 0 unspecified atom stereocenters. The topological polar surface area (TPSA) is 53.4 Å². The maximum Gasteiger partial charge on any atom is 0.265 e. The molecule has 0 spiro atoms. The van der Waals surface area contributed by atoms with Crippen LogP contribution in [0.3, 0.4) is 0 Å². The van der Waals surface area contributed by atoms with Crippen molar-refractivity contribution in [2.24, 2.45) is 0 Å². The summed E-state index contributed by atoms with van der Waals surface area (Å²) < 4.78 is 12.3. The van der Waals surface area contributed by atoms with Crippen molar-refractivity contribution in [3.05, 3.63) is 81.6 Å². The van der Waals surface area contributed by atoms with Crippen LogP contribution in [-0.2, 0) is 0 Å². The van der Waals surface area contributed by atoms with Crippen molar-refractivity contribution in [2.75, 3.05) is 14.2 Å². The van der Waals surface area contributed by atoms with Crippen molar-refractivity contribution in [1.29, 1.82) is 0 Å². The molecule has 5 nitrogen and oxygen atoms in total. The average molecular weight is 425 g/mol. The first-order chi connectivity index (χ1) is 14.1. The van der Waals surface area contributed by atoms with Gasteiger partial charge < -0.3 is 9.47 Å². The van der Waals surface area contributed by atoms with Crippen LogP contribution in [-0.4, -0.2) is 23.8 Å². The Morgan fingerprint density at radius 1 is 1.03 bits per heavy atom. The molecule has 2 heterocycles. The Hall–Kier alpha value is -3.09. The highest BCUT2D eigenvalue weighted by Crippen LogP contribution is 2.30. The van der Waals surface area contributed by atoms with Crippen LogP contribution in [0.25, 0.3) is 27.5 Å². The number of halogens is 1. The van der Waals surface area contributed by atoms with E-state index in [1.165, 1.54) is 11.3 Å². The van der Waals surface area contributed by atoms with Crippen LogP contribution in [0.1, 0.15) is 0 Å². The number of aromatic nitrogens is 2. The molecule has 29 heavy (non-hydrogen) atoms. The lowest BCUT2D eigenvalue weighted by molar-refractivity contribution is 0.401. The Balaban J connectivity index is 1.79. The lowest BCUT2D eigenvalue weighted by Gasteiger charge is -2.13. The van der Waals surface area contributed by atoms with Crippen molar-refractivity contribution >= 4 is 22.9 Å². The van der Waals surface area contributed by atoms with E-state index in [1.807, 2.05) is 35.7 Å². The van der Waals surface area contributed by atoms with E-state index in [0.717, 1.165) is 11.3 Å². The SMILES string of the molecule is COc1ccc(OC)c(-n2cccc(-c3nc(-c4ccc(Cl)cc4)cs3)c2=O)c1. The fourth-order valence-electron chi connectivity index (χ4n) is 2.98. The molecule has 0 aliphatic rings. The Bertz CT molecular complexity index is 1220. The molecule has 0 N–H and O–H groups in total. The molecule has 0 fully saturated rings. The van der Waals surface area contributed by atoms with Gasteiger partial charge in [-0.05, 0) is 36.4 Å². The highest BCUT2D eigenvalue weighted by Gasteiger charge is 2.15. The van der Waals surface area contributed by atoms with Crippen molar-refractivity contribution < 1.29 is 9.47 Å². The van der Waals surface area contributed by atoms with E-state index in [9.17, 15) is 4.79 Å². The minimum atomic E-state index is -0.184. The van der Waals surface area contributed by atoms with E-state index < -0.39 is 0 Å². The minimum Gasteiger partial charge on any atom is -0.497 e. The van der Waals surface area contributed by atoms with Gasteiger partial charge in [-0.3, -0.25) is 9.36 Å². The van der Waals surface area contributed by atoms with Gasteiger partial charge in [-0.15, -0.1) is 11.3 Å². The molecule has 146 valence electrons. The zero-order valence-corrected chi connectivity index (χ0v) is 17.3.